The van der Waals surface area contributed by atoms with Crippen molar-refractivity contribution in [2.45, 2.75) is 360 Å². The van der Waals surface area contributed by atoms with Crippen LogP contribution < -0.4 is 5.11 Å². The maximum absolute atomic E-state index is 13.0. The molecule has 0 fully saturated rings. The average molecular weight is 1300 g/mol. The molecule has 0 N–H and O–H groups in total. The number of carboxylic acid groups (broad SMARTS) is 1. The van der Waals surface area contributed by atoms with Crippen molar-refractivity contribution in [3.8, 4) is 0 Å². The van der Waals surface area contributed by atoms with Gasteiger partial charge in [-0.1, -0.05) is 361 Å². The number of carboxylic acids is 1. The normalized spacial score (nSPS) is 13.3. The molecule has 2 atom stereocenters. The van der Waals surface area contributed by atoms with Gasteiger partial charge < -0.3 is 33.3 Å². The molecule has 0 heterocycles. The van der Waals surface area contributed by atoms with Gasteiger partial charge in [-0.05, 0) is 83.5 Å². The molecule has 0 aliphatic rings. The highest BCUT2D eigenvalue weighted by molar-refractivity contribution is 5.70. The molecular formula is C84H147NO8. The number of likely N-dealkylation sites (N-methyl/N-ethyl adjacent to an activating group) is 1. The van der Waals surface area contributed by atoms with E-state index in [0.29, 0.717) is 17.4 Å². The third-order valence-corrected chi connectivity index (χ3v) is 17.0. The fourth-order valence-corrected chi connectivity index (χ4v) is 11.1. The number of quaternary nitrogens is 1. The standard InChI is InChI=1S/C84H147NO8/c1-6-8-10-12-14-16-18-20-22-24-26-28-30-32-34-36-38-40-41-43-45-47-49-51-53-55-57-59-61-63-65-67-69-71-73-75-82(87)93-80(79-92-84(83(88)89)90-77-76-85(3,4)5)78-91-81(86)74-72-70-68-66-64-62-60-58-56-54-52-50-48-46-44-42-39-37-35-33-31-29-27-25-23-21-19-17-15-13-11-9-7-2/h8,10,14,16,20,22,26,28,32,34,38,40,43,45,49,51,55,57,80,84H,6-7,9,11-13,15,17-19,21,23-25,27,29-31,33,35-37,39,41-42,44,46-48,50,52-54,56,58-79H2,1-5H3/b10-8-,16-14-,22-20-,28-26-,34-32-,40-38-,45-43-,51-49-,57-55-. The lowest BCUT2D eigenvalue weighted by molar-refractivity contribution is -0.870. The van der Waals surface area contributed by atoms with Gasteiger partial charge in [0.1, 0.15) is 13.2 Å². The maximum atomic E-state index is 13.0. The fourth-order valence-electron chi connectivity index (χ4n) is 11.1. The van der Waals surface area contributed by atoms with Gasteiger partial charge >= 0.3 is 11.9 Å². The Bertz CT molecular complexity index is 1900. The van der Waals surface area contributed by atoms with Crippen LogP contribution in [0.3, 0.4) is 0 Å². The maximum Gasteiger partial charge on any atom is 0.306 e. The molecule has 2 unspecified atom stereocenters. The molecule has 0 bridgehead atoms. The van der Waals surface area contributed by atoms with Gasteiger partial charge in [0.25, 0.3) is 0 Å². The van der Waals surface area contributed by atoms with E-state index in [1.807, 2.05) is 21.1 Å². The van der Waals surface area contributed by atoms with E-state index in [0.717, 1.165) is 103 Å². The zero-order valence-electron chi connectivity index (χ0n) is 61.4. The molecular weight excluding hydrogens is 1150 g/mol. The lowest BCUT2D eigenvalue weighted by Gasteiger charge is -2.26. The Balaban J connectivity index is 4.09. The van der Waals surface area contributed by atoms with Gasteiger partial charge in [0.15, 0.2) is 12.4 Å². The molecule has 536 valence electrons. The first-order chi connectivity index (χ1) is 45.6. The summed E-state index contributed by atoms with van der Waals surface area (Å²) in [5.41, 5.74) is 0. The number of rotatable bonds is 72. The van der Waals surface area contributed by atoms with Gasteiger partial charge in [-0.2, -0.15) is 0 Å². The van der Waals surface area contributed by atoms with Crippen molar-refractivity contribution in [2.24, 2.45) is 0 Å². The van der Waals surface area contributed by atoms with Crippen LogP contribution in [-0.4, -0.2) is 82.3 Å². The number of nitrogens with zero attached hydrogens (tertiary/aromatic N) is 1. The fraction of sp³-hybridized carbons (Fsp3) is 0.750. The molecule has 0 aromatic carbocycles. The first-order valence-corrected chi connectivity index (χ1v) is 39.0. The molecule has 0 amide bonds. The van der Waals surface area contributed by atoms with Crippen molar-refractivity contribution < 1.29 is 42.9 Å². The van der Waals surface area contributed by atoms with Crippen molar-refractivity contribution >= 4 is 17.9 Å². The topological polar surface area (TPSA) is 111 Å². The smallest absolute Gasteiger partial charge is 0.306 e. The summed E-state index contributed by atoms with van der Waals surface area (Å²) in [6.07, 6.45) is 101. The molecule has 0 spiro atoms. The van der Waals surface area contributed by atoms with E-state index in [4.69, 9.17) is 18.9 Å². The number of carbonyl (C=O) groups is 3. The van der Waals surface area contributed by atoms with Crippen molar-refractivity contribution in [3.63, 3.8) is 0 Å². The molecule has 9 heteroatoms. The quantitative estimate of drug-likeness (QED) is 0.0195. The third-order valence-electron chi connectivity index (χ3n) is 17.0. The summed E-state index contributed by atoms with van der Waals surface area (Å²) in [4.78, 5) is 37.6. The molecule has 93 heavy (non-hydrogen) atoms. The number of carbonyl (C=O) groups excluding carboxylic acids is 3. The molecule has 0 aliphatic heterocycles. The van der Waals surface area contributed by atoms with Crippen LogP contribution >= 0.6 is 0 Å². The van der Waals surface area contributed by atoms with Gasteiger partial charge in [-0.15, -0.1) is 0 Å². The van der Waals surface area contributed by atoms with Gasteiger partial charge in [-0.25, -0.2) is 0 Å². The van der Waals surface area contributed by atoms with Gasteiger partial charge in [0.2, 0.25) is 0 Å². The number of aliphatic carboxylic acids is 1. The Kier molecular flexibility index (Phi) is 70.5. The molecule has 0 saturated heterocycles. The zero-order valence-corrected chi connectivity index (χ0v) is 61.4. The molecule has 0 aromatic rings. The molecule has 0 aromatic heterocycles. The van der Waals surface area contributed by atoms with Crippen molar-refractivity contribution in [1.82, 2.24) is 0 Å². The van der Waals surface area contributed by atoms with E-state index < -0.39 is 24.3 Å². The second-order valence-electron chi connectivity index (χ2n) is 27.3. The summed E-state index contributed by atoms with van der Waals surface area (Å²) in [6.45, 7) is 4.66. The first kappa shape index (κ1) is 89.0. The average Bonchev–Trinajstić information content (AvgIpc) is 3.74. The van der Waals surface area contributed by atoms with Crippen LogP contribution in [0.1, 0.15) is 348 Å². The minimum Gasteiger partial charge on any atom is -0.545 e. The van der Waals surface area contributed by atoms with Crippen molar-refractivity contribution in [3.05, 3.63) is 109 Å². The minimum absolute atomic E-state index is 0.142. The van der Waals surface area contributed by atoms with Crippen LogP contribution in [0.15, 0.2) is 109 Å². The van der Waals surface area contributed by atoms with Gasteiger partial charge in [0.05, 0.1) is 40.3 Å². The predicted octanol–water partition coefficient (Wildman–Crippen LogP) is 23.6. The second kappa shape index (κ2) is 73.8. The van der Waals surface area contributed by atoms with Crippen LogP contribution in [0.25, 0.3) is 0 Å². The van der Waals surface area contributed by atoms with E-state index in [-0.39, 0.29) is 38.6 Å². The summed E-state index contributed by atoms with van der Waals surface area (Å²) in [6, 6.07) is 0. The van der Waals surface area contributed by atoms with E-state index in [9.17, 15) is 19.5 Å². The highest BCUT2D eigenvalue weighted by atomic mass is 16.7. The van der Waals surface area contributed by atoms with Crippen LogP contribution in [-0.2, 0) is 33.3 Å². The van der Waals surface area contributed by atoms with Gasteiger partial charge in [-0.3, -0.25) is 9.59 Å². The molecule has 0 aliphatic carbocycles. The number of ether oxygens (including phenoxy) is 4. The monoisotopic (exact) mass is 1300 g/mol. The van der Waals surface area contributed by atoms with Crippen LogP contribution in [0.2, 0.25) is 0 Å². The number of hydrogen-bond donors (Lipinski definition) is 0. The first-order valence-electron chi connectivity index (χ1n) is 39.0. The van der Waals surface area contributed by atoms with Crippen LogP contribution in [0.4, 0.5) is 0 Å². The van der Waals surface area contributed by atoms with Crippen LogP contribution in [0.5, 0.6) is 0 Å². The summed E-state index contributed by atoms with van der Waals surface area (Å²) in [7, 11) is 5.93. The van der Waals surface area contributed by atoms with E-state index in [2.05, 4.69) is 123 Å². The Labute approximate surface area is 575 Å². The highest BCUT2D eigenvalue weighted by Crippen LogP contribution is 2.19. The van der Waals surface area contributed by atoms with E-state index in [1.54, 1.807) is 0 Å². The van der Waals surface area contributed by atoms with Gasteiger partial charge in [0, 0.05) is 12.8 Å². The number of allylic oxidation sites excluding steroid dienone is 18. The number of esters is 2. The third kappa shape index (κ3) is 75.2. The predicted molar refractivity (Wildman–Crippen MR) is 398 cm³/mol. The largest absolute Gasteiger partial charge is 0.545 e. The molecule has 0 radical (unpaired) electrons. The summed E-state index contributed by atoms with van der Waals surface area (Å²) in [5, 5.41) is 11.9. The van der Waals surface area contributed by atoms with Crippen molar-refractivity contribution in [1.29, 1.82) is 0 Å². The second-order valence-corrected chi connectivity index (χ2v) is 27.3. The lowest BCUT2D eigenvalue weighted by Crippen LogP contribution is -2.44. The zero-order chi connectivity index (χ0) is 67.5. The summed E-state index contributed by atoms with van der Waals surface area (Å²) < 4.78 is 22.8. The van der Waals surface area contributed by atoms with E-state index >= 15 is 0 Å². The summed E-state index contributed by atoms with van der Waals surface area (Å²) in [5.74, 6) is -2.29. The Hall–Kier alpha value is -4.05. The SMILES string of the molecule is CC/C=C\C/C=C\C/C=C\C/C=C\C/C=C\C/C=C\C/C=C\C/C=C\C/C=C\CCCCCCCCCC(=O)OC(COC(=O)CCCCCCCCCCCCCCCCCCCCCCCCCCCCCCCCCCC)COC(OCC[N+](C)(C)C)C(=O)[O-]. The van der Waals surface area contributed by atoms with E-state index in [1.165, 1.54) is 212 Å². The Morgan fingerprint density at radius 2 is 0.613 bits per heavy atom. The van der Waals surface area contributed by atoms with Crippen LogP contribution in [0, 0.1) is 0 Å². The number of unbranched alkanes of at least 4 members (excludes halogenated alkanes) is 39. The Morgan fingerprint density at radius 3 is 0.914 bits per heavy atom. The molecule has 0 saturated carbocycles. The molecule has 9 nitrogen and oxygen atoms in total. The lowest BCUT2D eigenvalue weighted by atomic mass is 10.0. The highest BCUT2D eigenvalue weighted by Gasteiger charge is 2.22. The summed E-state index contributed by atoms with van der Waals surface area (Å²) >= 11 is 0. The Morgan fingerprint density at radius 1 is 0.333 bits per heavy atom. The number of hydrogen-bond acceptors (Lipinski definition) is 8. The minimum atomic E-state index is -1.63. The van der Waals surface area contributed by atoms with Crippen molar-refractivity contribution in [2.75, 3.05) is 47.5 Å². The molecule has 0 rings (SSSR count).